The topological polar surface area (TPSA) is 99.4 Å². The van der Waals surface area contributed by atoms with Gasteiger partial charge in [-0.05, 0) is 44.4 Å². The number of nitriles is 1. The molecular weight excluding hydrogens is 350 g/mol. The zero-order valence-corrected chi connectivity index (χ0v) is 15.6. The van der Waals surface area contributed by atoms with Crippen molar-refractivity contribution in [1.29, 1.82) is 5.26 Å². The number of nitrogens with one attached hydrogen (secondary N) is 2. The van der Waals surface area contributed by atoms with E-state index in [0.29, 0.717) is 23.6 Å². The summed E-state index contributed by atoms with van der Waals surface area (Å²) in [7, 11) is 0. The molecule has 1 saturated carbocycles. The Bertz CT molecular complexity index is 977. The van der Waals surface area contributed by atoms with Gasteiger partial charge >= 0.3 is 0 Å². The summed E-state index contributed by atoms with van der Waals surface area (Å²) in [5, 5.41) is 24.2. The van der Waals surface area contributed by atoms with Gasteiger partial charge in [-0.15, -0.1) is 5.10 Å². The Morgan fingerprint density at radius 3 is 2.50 bits per heavy atom. The fourth-order valence-electron chi connectivity index (χ4n) is 3.50. The van der Waals surface area contributed by atoms with E-state index in [-0.39, 0.29) is 0 Å². The predicted octanol–water partition coefficient (Wildman–Crippen LogP) is 3.56. The van der Waals surface area contributed by atoms with Crippen LogP contribution in [-0.2, 0) is 0 Å². The summed E-state index contributed by atoms with van der Waals surface area (Å²) < 4.78 is 0. The van der Waals surface area contributed by atoms with Crippen molar-refractivity contribution in [3.8, 4) is 17.2 Å². The van der Waals surface area contributed by atoms with Crippen molar-refractivity contribution in [2.24, 2.45) is 0 Å². The summed E-state index contributed by atoms with van der Waals surface area (Å²) in [4.78, 5) is 8.80. The number of hydrogen-bond donors (Lipinski definition) is 2. The van der Waals surface area contributed by atoms with Crippen LogP contribution in [0.4, 0.5) is 11.8 Å². The SMILES string of the molecule is Cc1cnc(N[C@H]2CC[C@H](Nc3ccc(-c4ccccc4C#N)cn3)C2)nn1. The molecule has 0 amide bonds. The van der Waals surface area contributed by atoms with E-state index in [1.165, 1.54) is 0 Å². The van der Waals surface area contributed by atoms with Gasteiger partial charge in [0.25, 0.3) is 0 Å². The van der Waals surface area contributed by atoms with E-state index in [2.05, 4.69) is 36.9 Å². The first-order valence-electron chi connectivity index (χ1n) is 9.36. The van der Waals surface area contributed by atoms with Gasteiger partial charge in [0.05, 0.1) is 23.5 Å². The summed E-state index contributed by atoms with van der Waals surface area (Å²) in [6, 6.07) is 14.4. The van der Waals surface area contributed by atoms with Gasteiger partial charge in [0.15, 0.2) is 0 Å². The van der Waals surface area contributed by atoms with Crippen molar-refractivity contribution >= 4 is 11.8 Å². The van der Waals surface area contributed by atoms with Gasteiger partial charge in [-0.25, -0.2) is 9.97 Å². The van der Waals surface area contributed by atoms with Gasteiger partial charge < -0.3 is 10.6 Å². The molecule has 2 aromatic heterocycles. The molecule has 0 radical (unpaired) electrons. The maximum atomic E-state index is 9.27. The third-order valence-corrected chi connectivity index (χ3v) is 4.92. The fourth-order valence-corrected chi connectivity index (χ4v) is 3.50. The standard InChI is InChI=1S/C21H21N7/c1-14-12-24-21(28-27-14)26-18-8-7-17(10-18)25-20-9-6-16(13-23-20)19-5-3-2-4-15(19)11-22/h2-6,9,12-13,17-18H,7-8,10H2,1H3,(H,23,25)(H,24,26,28)/t17-,18-/m0/s1. The molecule has 1 aliphatic carbocycles. The lowest BCUT2D eigenvalue weighted by molar-refractivity contribution is 0.712. The minimum Gasteiger partial charge on any atom is -0.367 e. The molecule has 1 aromatic carbocycles. The molecule has 1 fully saturated rings. The van der Waals surface area contributed by atoms with Crippen LogP contribution in [0.15, 0.2) is 48.8 Å². The van der Waals surface area contributed by atoms with Gasteiger partial charge in [0, 0.05) is 29.4 Å². The highest BCUT2D eigenvalue weighted by molar-refractivity contribution is 5.70. The minimum atomic E-state index is 0.323. The average Bonchev–Trinajstić information content (AvgIpc) is 3.17. The number of anilines is 2. The van der Waals surface area contributed by atoms with Crippen molar-refractivity contribution in [1.82, 2.24) is 20.2 Å². The smallest absolute Gasteiger partial charge is 0.242 e. The molecule has 4 rings (SSSR count). The molecule has 28 heavy (non-hydrogen) atoms. The van der Waals surface area contributed by atoms with Crippen LogP contribution >= 0.6 is 0 Å². The van der Waals surface area contributed by atoms with E-state index in [1.807, 2.05) is 49.5 Å². The van der Waals surface area contributed by atoms with Crippen molar-refractivity contribution in [3.63, 3.8) is 0 Å². The molecule has 2 N–H and O–H groups in total. The Morgan fingerprint density at radius 1 is 0.964 bits per heavy atom. The molecule has 140 valence electrons. The summed E-state index contributed by atoms with van der Waals surface area (Å²) >= 11 is 0. The van der Waals surface area contributed by atoms with Crippen molar-refractivity contribution in [3.05, 3.63) is 60.0 Å². The molecule has 7 heteroatoms. The third kappa shape index (κ3) is 4.07. The summed E-state index contributed by atoms with van der Waals surface area (Å²) in [6.07, 6.45) is 6.60. The Morgan fingerprint density at radius 2 is 1.79 bits per heavy atom. The Balaban J connectivity index is 1.36. The fraction of sp³-hybridized carbons (Fsp3) is 0.286. The average molecular weight is 371 g/mol. The lowest BCUT2D eigenvalue weighted by Crippen LogP contribution is -2.22. The number of benzene rings is 1. The molecule has 0 aliphatic heterocycles. The molecule has 7 nitrogen and oxygen atoms in total. The van der Waals surface area contributed by atoms with Crippen LogP contribution in [0.3, 0.4) is 0 Å². The number of aryl methyl sites for hydroxylation is 1. The molecule has 2 atom stereocenters. The van der Waals surface area contributed by atoms with Gasteiger partial charge in [-0.2, -0.15) is 10.4 Å². The Kier molecular flexibility index (Phi) is 5.11. The van der Waals surface area contributed by atoms with E-state index in [0.717, 1.165) is 41.9 Å². The quantitative estimate of drug-likeness (QED) is 0.707. The lowest BCUT2D eigenvalue weighted by Gasteiger charge is -2.15. The number of aromatic nitrogens is 4. The summed E-state index contributed by atoms with van der Waals surface area (Å²) in [5.74, 6) is 1.42. The molecule has 3 aromatic rings. The van der Waals surface area contributed by atoms with Gasteiger partial charge in [-0.3, -0.25) is 0 Å². The molecule has 0 unspecified atom stereocenters. The van der Waals surface area contributed by atoms with Gasteiger partial charge in [-0.1, -0.05) is 18.2 Å². The molecule has 2 heterocycles. The normalized spacial score (nSPS) is 18.4. The van der Waals surface area contributed by atoms with Crippen molar-refractivity contribution in [2.45, 2.75) is 38.3 Å². The first-order chi connectivity index (χ1) is 13.7. The van der Waals surface area contributed by atoms with Gasteiger partial charge in [0.2, 0.25) is 5.95 Å². The van der Waals surface area contributed by atoms with Crippen molar-refractivity contribution < 1.29 is 0 Å². The first-order valence-corrected chi connectivity index (χ1v) is 9.36. The molecular formula is C21H21N7. The maximum Gasteiger partial charge on any atom is 0.242 e. The van der Waals surface area contributed by atoms with Crippen LogP contribution in [-0.4, -0.2) is 32.2 Å². The van der Waals surface area contributed by atoms with Crippen molar-refractivity contribution in [2.75, 3.05) is 10.6 Å². The second kappa shape index (κ2) is 8.01. The predicted molar refractivity (Wildman–Crippen MR) is 108 cm³/mol. The summed E-state index contributed by atoms with van der Waals surface area (Å²) in [5.41, 5.74) is 3.31. The highest BCUT2D eigenvalue weighted by atomic mass is 15.2. The van der Waals surface area contributed by atoms with E-state index in [4.69, 9.17) is 0 Å². The van der Waals surface area contributed by atoms with E-state index < -0.39 is 0 Å². The van der Waals surface area contributed by atoms with Crippen LogP contribution in [0.1, 0.15) is 30.5 Å². The van der Waals surface area contributed by atoms with Crippen LogP contribution in [0.5, 0.6) is 0 Å². The molecule has 0 spiro atoms. The molecule has 1 aliphatic rings. The third-order valence-electron chi connectivity index (χ3n) is 4.92. The zero-order chi connectivity index (χ0) is 19.3. The second-order valence-corrected chi connectivity index (χ2v) is 7.01. The van der Waals surface area contributed by atoms with Crippen LogP contribution in [0.2, 0.25) is 0 Å². The second-order valence-electron chi connectivity index (χ2n) is 7.01. The number of pyridine rings is 1. The summed E-state index contributed by atoms with van der Waals surface area (Å²) in [6.45, 7) is 1.87. The van der Waals surface area contributed by atoms with E-state index >= 15 is 0 Å². The number of nitrogens with zero attached hydrogens (tertiary/aromatic N) is 5. The van der Waals surface area contributed by atoms with Crippen LogP contribution < -0.4 is 10.6 Å². The van der Waals surface area contributed by atoms with E-state index in [9.17, 15) is 5.26 Å². The minimum absolute atomic E-state index is 0.323. The lowest BCUT2D eigenvalue weighted by atomic mass is 10.0. The van der Waals surface area contributed by atoms with Gasteiger partial charge in [0.1, 0.15) is 5.82 Å². The zero-order valence-electron chi connectivity index (χ0n) is 15.6. The number of hydrogen-bond acceptors (Lipinski definition) is 7. The van der Waals surface area contributed by atoms with Crippen LogP contribution in [0, 0.1) is 18.3 Å². The highest BCUT2D eigenvalue weighted by Gasteiger charge is 2.25. The Labute approximate surface area is 163 Å². The highest BCUT2D eigenvalue weighted by Crippen LogP contribution is 2.26. The van der Waals surface area contributed by atoms with Crippen LogP contribution in [0.25, 0.3) is 11.1 Å². The Hall–Kier alpha value is -3.53. The number of rotatable bonds is 5. The molecule has 0 bridgehead atoms. The monoisotopic (exact) mass is 371 g/mol. The largest absolute Gasteiger partial charge is 0.367 e. The van der Waals surface area contributed by atoms with E-state index in [1.54, 1.807) is 6.20 Å². The first kappa shape index (κ1) is 17.9. The maximum absolute atomic E-state index is 9.27. The molecule has 0 saturated heterocycles.